The fraction of sp³-hybridized carbons (Fsp3) is 1.00. The summed E-state index contributed by atoms with van der Waals surface area (Å²) in [5.41, 5.74) is -0.0478. The number of halogens is 2. The summed E-state index contributed by atoms with van der Waals surface area (Å²) < 4.78 is 26.3. The Balaban J connectivity index is 0.000000606. The van der Waals surface area contributed by atoms with Crippen molar-refractivity contribution in [2.24, 2.45) is 5.41 Å². The van der Waals surface area contributed by atoms with Crippen molar-refractivity contribution in [3.63, 3.8) is 0 Å². The van der Waals surface area contributed by atoms with E-state index < -0.39 is 5.92 Å². The first-order chi connectivity index (χ1) is 7.43. The Morgan fingerprint density at radius 3 is 2.06 bits per heavy atom. The number of alkyl halides is 2. The lowest BCUT2D eigenvalue weighted by atomic mass is 9.85. The highest BCUT2D eigenvalue weighted by atomic mass is 19.3. The topological polar surface area (TPSA) is 3.24 Å². The van der Waals surface area contributed by atoms with E-state index in [0.717, 1.165) is 25.9 Å². The van der Waals surface area contributed by atoms with Gasteiger partial charge in [0.2, 0.25) is 5.92 Å². The van der Waals surface area contributed by atoms with Gasteiger partial charge in [-0.25, -0.2) is 8.78 Å². The van der Waals surface area contributed by atoms with Gasteiger partial charge in [-0.1, -0.05) is 13.8 Å². The van der Waals surface area contributed by atoms with Crippen LogP contribution in [0.5, 0.6) is 0 Å². The van der Waals surface area contributed by atoms with Crippen molar-refractivity contribution < 1.29 is 8.78 Å². The normalized spacial score (nSPS) is 33.2. The Morgan fingerprint density at radius 2 is 1.69 bits per heavy atom. The molecule has 0 aromatic heterocycles. The van der Waals surface area contributed by atoms with Gasteiger partial charge in [-0.05, 0) is 38.6 Å². The van der Waals surface area contributed by atoms with E-state index in [4.69, 9.17) is 0 Å². The van der Waals surface area contributed by atoms with Gasteiger partial charge in [-0.2, -0.15) is 0 Å². The lowest BCUT2D eigenvalue weighted by Gasteiger charge is -2.25. The predicted octanol–water partition coefficient (Wildman–Crippen LogP) is 3.93. The molecule has 0 amide bonds. The standard InChI is InChI=1S/C11H19F2N.C2H6/c1-9(2)14-6-5-10(8-14)3-4-11(12,13)7-10;1-2/h9H,3-8H2,1-2H3;1-2H3. The molecule has 96 valence electrons. The first-order valence-corrected chi connectivity index (χ1v) is 6.54. The third-order valence-corrected chi connectivity index (χ3v) is 3.85. The second kappa shape index (κ2) is 4.99. The molecule has 1 saturated carbocycles. The van der Waals surface area contributed by atoms with E-state index in [9.17, 15) is 8.78 Å². The van der Waals surface area contributed by atoms with Crippen molar-refractivity contribution >= 4 is 0 Å². The fourth-order valence-corrected chi connectivity index (χ4v) is 2.93. The van der Waals surface area contributed by atoms with E-state index in [1.54, 1.807) is 0 Å². The van der Waals surface area contributed by atoms with Gasteiger partial charge in [0.25, 0.3) is 0 Å². The molecule has 2 rings (SSSR count). The Kier molecular flexibility index (Phi) is 4.33. The van der Waals surface area contributed by atoms with Crippen molar-refractivity contribution in [2.75, 3.05) is 13.1 Å². The van der Waals surface area contributed by atoms with Crippen LogP contribution in [0.4, 0.5) is 8.78 Å². The van der Waals surface area contributed by atoms with E-state index in [1.807, 2.05) is 13.8 Å². The van der Waals surface area contributed by atoms with Crippen LogP contribution in [0.15, 0.2) is 0 Å². The summed E-state index contributed by atoms with van der Waals surface area (Å²) in [6, 6.07) is 0.503. The SMILES string of the molecule is CC.CC(C)N1CCC2(CCC(F)(F)C2)C1. The van der Waals surface area contributed by atoms with Crippen molar-refractivity contribution in [1.29, 1.82) is 0 Å². The number of hydrogen-bond donors (Lipinski definition) is 0. The largest absolute Gasteiger partial charge is 0.300 e. The highest BCUT2D eigenvalue weighted by Gasteiger charge is 2.52. The highest BCUT2D eigenvalue weighted by Crippen LogP contribution is 2.52. The molecule has 0 aromatic rings. The van der Waals surface area contributed by atoms with Crippen molar-refractivity contribution in [3.05, 3.63) is 0 Å². The van der Waals surface area contributed by atoms with E-state index in [0.29, 0.717) is 6.04 Å². The minimum absolute atomic E-state index is 0.0478. The summed E-state index contributed by atoms with van der Waals surface area (Å²) in [4.78, 5) is 2.33. The molecule has 1 atom stereocenters. The highest BCUT2D eigenvalue weighted by molar-refractivity contribution is 4.99. The molecule has 16 heavy (non-hydrogen) atoms. The summed E-state index contributed by atoms with van der Waals surface area (Å²) in [6.07, 6.45) is 1.94. The average Bonchev–Trinajstić information content (AvgIpc) is 2.75. The molecular weight excluding hydrogens is 208 g/mol. The van der Waals surface area contributed by atoms with Crippen LogP contribution in [-0.2, 0) is 0 Å². The molecule has 1 heterocycles. The van der Waals surface area contributed by atoms with Gasteiger partial charge < -0.3 is 4.90 Å². The van der Waals surface area contributed by atoms with Crippen LogP contribution in [0.1, 0.15) is 53.4 Å². The first kappa shape index (κ1) is 13.9. The van der Waals surface area contributed by atoms with Crippen LogP contribution in [0.25, 0.3) is 0 Å². The molecule has 1 aliphatic carbocycles. The minimum Gasteiger partial charge on any atom is -0.300 e. The molecule has 2 fully saturated rings. The Bertz CT molecular complexity index is 228. The number of hydrogen-bond acceptors (Lipinski definition) is 1. The van der Waals surface area contributed by atoms with Crippen LogP contribution < -0.4 is 0 Å². The van der Waals surface area contributed by atoms with Gasteiger partial charge >= 0.3 is 0 Å². The van der Waals surface area contributed by atoms with E-state index in [1.165, 1.54) is 0 Å². The summed E-state index contributed by atoms with van der Waals surface area (Å²) in [7, 11) is 0. The van der Waals surface area contributed by atoms with Gasteiger partial charge in [-0.15, -0.1) is 0 Å². The fourth-order valence-electron chi connectivity index (χ4n) is 2.93. The minimum atomic E-state index is -2.38. The van der Waals surface area contributed by atoms with E-state index in [-0.39, 0.29) is 18.3 Å². The summed E-state index contributed by atoms with van der Waals surface area (Å²) >= 11 is 0. The molecule has 0 aromatic carbocycles. The molecule has 2 aliphatic rings. The molecule has 1 saturated heterocycles. The van der Waals surface area contributed by atoms with Gasteiger partial charge in [0.05, 0.1) is 0 Å². The van der Waals surface area contributed by atoms with Gasteiger partial charge in [0.1, 0.15) is 0 Å². The van der Waals surface area contributed by atoms with Crippen molar-refractivity contribution in [2.45, 2.75) is 65.3 Å². The molecular formula is C13H25F2N. The molecule has 0 bridgehead atoms. The maximum absolute atomic E-state index is 13.2. The van der Waals surface area contributed by atoms with Crippen LogP contribution in [0.2, 0.25) is 0 Å². The third kappa shape index (κ3) is 2.93. The molecule has 0 radical (unpaired) electrons. The first-order valence-electron chi connectivity index (χ1n) is 6.54. The van der Waals surface area contributed by atoms with Gasteiger partial charge in [0, 0.05) is 25.4 Å². The van der Waals surface area contributed by atoms with Crippen molar-refractivity contribution in [3.8, 4) is 0 Å². The molecule has 1 nitrogen and oxygen atoms in total. The smallest absolute Gasteiger partial charge is 0.248 e. The summed E-state index contributed by atoms with van der Waals surface area (Å²) in [6.45, 7) is 10.2. The lowest BCUT2D eigenvalue weighted by Crippen LogP contribution is -2.31. The number of nitrogens with zero attached hydrogens (tertiary/aromatic N) is 1. The zero-order valence-corrected chi connectivity index (χ0v) is 11.0. The molecule has 1 unspecified atom stereocenters. The van der Waals surface area contributed by atoms with E-state index >= 15 is 0 Å². The molecule has 1 aliphatic heterocycles. The Hall–Kier alpha value is -0.180. The quantitative estimate of drug-likeness (QED) is 0.663. The van der Waals surface area contributed by atoms with Crippen LogP contribution >= 0.6 is 0 Å². The van der Waals surface area contributed by atoms with Crippen molar-refractivity contribution in [1.82, 2.24) is 4.90 Å². The van der Waals surface area contributed by atoms with Crippen LogP contribution in [0, 0.1) is 5.41 Å². The predicted molar refractivity (Wildman–Crippen MR) is 63.9 cm³/mol. The number of likely N-dealkylation sites (tertiary alicyclic amines) is 1. The Morgan fingerprint density at radius 1 is 1.06 bits per heavy atom. The molecule has 1 spiro atoms. The summed E-state index contributed by atoms with van der Waals surface area (Å²) in [5.74, 6) is -2.38. The maximum atomic E-state index is 13.2. The third-order valence-electron chi connectivity index (χ3n) is 3.85. The average molecular weight is 233 g/mol. The zero-order chi connectivity index (χ0) is 12.4. The molecule has 3 heteroatoms. The van der Waals surface area contributed by atoms with E-state index in [2.05, 4.69) is 18.7 Å². The second-order valence-electron chi connectivity index (χ2n) is 5.35. The monoisotopic (exact) mass is 233 g/mol. The van der Waals surface area contributed by atoms with Gasteiger partial charge in [-0.3, -0.25) is 0 Å². The summed E-state index contributed by atoms with van der Waals surface area (Å²) in [5, 5.41) is 0. The van der Waals surface area contributed by atoms with Gasteiger partial charge in [0.15, 0.2) is 0 Å². The zero-order valence-electron chi connectivity index (χ0n) is 11.0. The van der Waals surface area contributed by atoms with Crippen LogP contribution in [-0.4, -0.2) is 30.0 Å². The van der Waals surface area contributed by atoms with Crippen LogP contribution in [0.3, 0.4) is 0 Å². The lowest BCUT2D eigenvalue weighted by molar-refractivity contribution is -0.00327. The maximum Gasteiger partial charge on any atom is 0.248 e. The second-order valence-corrected chi connectivity index (χ2v) is 5.35. The Labute approximate surface area is 98.2 Å². The molecule has 0 N–H and O–H groups in total. The number of rotatable bonds is 1.